The zero-order valence-electron chi connectivity index (χ0n) is 37.8. The Morgan fingerprint density at radius 3 is 1.21 bits per heavy atom. The van der Waals surface area contributed by atoms with E-state index in [2.05, 4.69) is 206 Å². The van der Waals surface area contributed by atoms with E-state index in [1.165, 1.54) is 44.5 Å². The van der Waals surface area contributed by atoms with Crippen molar-refractivity contribution in [1.82, 2.24) is 9.97 Å². The monoisotopic (exact) mass is 872 g/mol. The van der Waals surface area contributed by atoms with Crippen LogP contribution in [-0.2, 0) is 10.8 Å². The molecule has 0 spiro atoms. The smallest absolute Gasteiger partial charge is 0.149 e. The molecule has 4 nitrogen and oxygen atoms in total. The molecule has 8 aromatic carbocycles. The van der Waals surface area contributed by atoms with Gasteiger partial charge in [-0.3, -0.25) is 9.97 Å². The fraction of sp³-hybridized carbons (Fsp3) is 0.0938. The number of aromatic nitrogens is 2. The molecule has 0 amide bonds. The third kappa shape index (κ3) is 6.34. The topological polar surface area (TPSA) is 44.2 Å². The van der Waals surface area contributed by atoms with Gasteiger partial charge in [0.15, 0.2) is 0 Å². The van der Waals surface area contributed by atoms with Crippen LogP contribution >= 0.6 is 0 Å². The number of fused-ring (bicyclic) bond motifs is 8. The van der Waals surface area contributed by atoms with Crippen LogP contribution in [0.2, 0.25) is 0 Å². The van der Waals surface area contributed by atoms with Crippen molar-refractivity contribution in [3.05, 3.63) is 251 Å². The summed E-state index contributed by atoms with van der Waals surface area (Å²) in [6.45, 7) is 4.39. The first-order valence-electron chi connectivity index (χ1n) is 23.1. The van der Waals surface area contributed by atoms with Crippen molar-refractivity contribution in [2.45, 2.75) is 24.7 Å². The number of hydrogen-bond acceptors (Lipinski definition) is 4. The lowest BCUT2D eigenvalue weighted by Gasteiger charge is -2.34. The summed E-state index contributed by atoms with van der Waals surface area (Å²) in [6.07, 6.45) is 3.81. The van der Waals surface area contributed by atoms with Crippen molar-refractivity contribution in [1.29, 1.82) is 0 Å². The summed E-state index contributed by atoms with van der Waals surface area (Å²) < 4.78 is 11.9. The second-order valence-corrected chi connectivity index (χ2v) is 17.4. The van der Waals surface area contributed by atoms with E-state index in [-0.39, 0.29) is 0 Å². The minimum Gasteiger partial charge on any atom is -0.481 e. The third-order valence-corrected chi connectivity index (χ3v) is 14.0. The zero-order chi connectivity index (χ0) is 45.7. The largest absolute Gasteiger partial charge is 0.481 e. The number of nitrogens with zero attached hydrogens (tertiary/aromatic N) is 2. The number of benzene rings is 8. The predicted octanol–water partition coefficient (Wildman–Crippen LogP) is 14.0. The molecule has 0 radical (unpaired) electrons. The molecule has 2 atom stereocenters. The summed E-state index contributed by atoms with van der Waals surface area (Å²) in [6, 6.07) is 70.8. The molecular weight excluding hydrogens is 829 g/mol. The number of rotatable bonds is 9. The Morgan fingerprint density at radius 1 is 0.382 bits per heavy atom. The molecule has 0 fully saturated rings. The van der Waals surface area contributed by atoms with Crippen molar-refractivity contribution >= 4 is 21.5 Å². The van der Waals surface area contributed by atoms with Gasteiger partial charge in [0.2, 0.25) is 0 Å². The van der Waals surface area contributed by atoms with Crippen LogP contribution in [0, 0.1) is 23.7 Å². The standard InChI is InChI=1S/C64H44N2O2/c1-3-5-37-67-53-33-25-45-39-51(31-23-47(45)41-53)63(57-15-9-7-13-55(57)61-59(63)17-11-35-65-61)49-27-19-43(20-28-49)44-21-29-50(30-22-44)64(58-16-10-8-14-56(58)62-60(64)18-12-36-66-62)52-32-24-48-42-54(68-38-6-4-2)34-26-46(48)40-52/h7-36,39-42H,37-38H2,1-2H3. The van der Waals surface area contributed by atoms with Gasteiger partial charge < -0.3 is 9.47 Å². The molecule has 4 heteroatoms. The van der Waals surface area contributed by atoms with Gasteiger partial charge in [-0.05, 0) is 140 Å². The Kier molecular flexibility index (Phi) is 9.97. The predicted molar refractivity (Wildman–Crippen MR) is 275 cm³/mol. The maximum Gasteiger partial charge on any atom is 0.149 e. The van der Waals surface area contributed by atoms with Crippen molar-refractivity contribution in [2.24, 2.45) is 0 Å². The van der Waals surface area contributed by atoms with Crippen LogP contribution in [0.5, 0.6) is 11.5 Å². The Labute approximate surface area is 396 Å². The summed E-state index contributed by atoms with van der Waals surface area (Å²) in [5, 5.41) is 4.51. The van der Waals surface area contributed by atoms with Crippen molar-refractivity contribution in [2.75, 3.05) is 13.2 Å². The van der Waals surface area contributed by atoms with Gasteiger partial charge >= 0.3 is 0 Å². The van der Waals surface area contributed by atoms with Gasteiger partial charge in [-0.25, -0.2) is 0 Å². The van der Waals surface area contributed by atoms with E-state index in [9.17, 15) is 0 Å². The minimum atomic E-state index is -0.593. The Hall–Kier alpha value is -8.70. The van der Waals surface area contributed by atoms with Crippen LogP contribution in [0.25, 0.3) is 55.2 Å². The van der Waals surface area contributed by atoms with Crippen LogP contribution in [0.1, 0.15) is 58.4 Å². The number of ether oxygens (including phenoxy) is 2. The Morgan fingerprint density at radius 2 is 0.765 bits per heavy atom. The van der Waals surface area contributed by atoms with E-state index in [1.807, 2.05) is 38.4 Å². The average molecular weight is 873 g/mol. The minimum absolute atomic E-state index is 0.366. The molecular formula is C64H44N2O2. The molecule has 68 heavy (non-hydrogen) atoms. The van der Waals surface area contributed by atoms with Crippen molar-refractivity contribution in [3.8, 4) is 68.8 Å². The fourth-order valence-corrected chi connectivity index (χ4v) is 11.0. The lowest BCUT2D eigenvalue weighted by Crippen LogP contribution is -2.28. The van der Waals surface area contributed by atoms with Gasteiger partial charge in [0.25, 0.3) is 0 Å². The summed E-state index contributed by atoms with van der Waals surface area (Å²) in [7, 11) is 0. The SMILES string of the molecule is CC#CCOc1ccc2cc(C3(c4ccc(-c5ccc(C6(c7ccc8cc(OCC#CC)ccc8c7)c7ccccc7-c7ncccc76)cc5)cc4)c4ccccc4-c4ncccc43)ccc2c1. The lowest BCUT2D eigenvalue weighted by molar-refractivity contribution is 0.370. The van der Waals surface area contributed by atoms with Gasteiger partial charge in [-0.15, -0.1) is 11.8 Å². The van der Waals surface area contributed by atoms with Crippen LogP contribution in [0.15, 0.2) is 207 Å². The molecule has 2 heterocycles. The quantitative estimate of drug-likeness (QED) is 0.136. The summed E-state index contributed by atoms with van der Waals surface area (Å²) in [5.74, 6) is 13.4. The highest BCUT2D eigenvalue weighted by molar-refractivity contribution is 5.91. The fourth-order valence-electron chi connectivity index (χ4n) is 11.0. The molecule has 0 bridgehead atoms. The maximum absolute atomic E-state index is 5.94. The molecule has 2 aromatic heterocycles. The first-order chi connectivity index (χ1) is 33.6. The first-order valence-corrected chi connectivity index (χ1v) is 23.1. The highest BCUT2D eigenvalue weighted by atomic mass is 16.5. The van der Waals surface area contributed by atoms with Crippen LogP contribution < -0.4 is 9.47 Å². The third-order valence-electron chi connectivity index (χ3n) is 14.0. The van der Waals surface area contributed by atoms with Crippen molar-refractivity contribution < 1.29 is 9.47 Å². The van der Waals surface area contributed by atoms with Crippen LogP contribution in [0.4, 0.5) is 0 Å². The number of pyridine rings is 2. The second kappa shape index (κ2) is 16.6. The molecule has 2 aliphatic carbocycles. The highest BCUT2D eigenvalue weighted by Crippen LogP contribution is 2.57. The molecule has 0 aliphatic heterocycles. The molecule has 2 unspecified atom stereocenters. The molecule has 0 saturated carbocycles. The normalized spacial score (nSPS) is 16.1. The van der Waals surface area contributed by atoms with Gasteiger partial charge in [-0.1, -0.05) is 157 Å². The van der Waals surface area contributed by atoms with Gasteiger partial charge in [0, 0.05) is 23.5 Å². The van der Waals surface area contributed by atoms with Crippen molar-refractivity contribution in [3.63, 3.8) is 0 Å². The van der Waals surface area contributed by atoms with E-state index in [1.54, 1.807) is 0 Å². The molecule has 0 saturated heterocycles. The molecule has 12 rings (SSSR count). The van der Waals surface area contributed by atoms with Gasteiger partial charge in [-0.2, -0.15) is 0 Å². The van der Waals surface area contributed by atoms with Crippen LogP contribution in [-0.4, -0.2) is 23.2 Å². The Balaban J connectivity index is 0.960. The number of hydrogen-bond donors (Lipinski definition) is 0. The van der Waals surface area contributed by atoms with E-state index in [0.717, 1.165) is 66.7 Å². The lowest BCUT2D eigenvalue weighted by atomic mass is 9.67. The summed E-state index contributed by atoms with van der Waals surface area (Å²) in [4.78, 5) is 10.0. The summed E-state index contributed by atoms with van der Waals surface area (Å²) >= 11 is 0. The van der Waals surface area contributed by atoms with E-state index in [4.69, 9.17) is 19.4 Å². The van der Waals surface area contributed by atoms with E-state index in [0.29, 0.717) is 13.2 Å². The summed E-state index contributed by atoms with van der Waals surface area (Å²) in [5.41, 5.74) is 15.0. The zero-order valence-corrected chi connectivity index (χ0v) is 37.8. The maximum atomic E-state index is 5.94. The molecule has 322 valence electrons. The first kappa shape index (κ1) is 40.8. The van der Waals surface area contributed by atoms with E-state index < -0.39 is 10.8 Å². The molecule has 10 aromatic rings. The van der Waals surface area contributed by atoms with Gasteiger partial charge in [0.1, 0.15) is 24.7 Å². The van der Waals surface area contributed by atoms with Gasteiger partial charge in [0.05, 0.1) is 22.2 Å². The average Bonchev–Trinajstić information content (AvgIpc) is 3.87. The highest BCUT2D eigenvalue weighted by Gasteiger charge is 2.48. The van der Waals surface area contributed by atoms with E-state index >= 15 is 0 Å². The molecule has 0 N–H and O–H groups in total. The Bertz CT molecular complexity index is 3390. The van der Waals surface area contributed by atoms with Crippen LogP contribution in [0.3, 0.4) is 0 Å². The molecule has 2 aliphatic rings. The second-order valence-electron chi connectivity index (χ2n) is 17.4.